The maximum atomic E-state index is 13.0. The van der Waals surface area contributed by atoms with Gasteiger partial charge < -0.3 is 9.64 Å². The summed E-state index contributed by atoms with van der Waals surface area (Å²) in [4.78, 5) is 43.9. The van der Waals surface area contributed by atoms with Gasteiger partial charge in [-0.05, 0) is 39.2 Å². The van der Waals surface area contributed by atoms with Gasteiger partial charge in [0.25, 0.3) is 5.56 Å². The van der Waals surface area contributed by atoms with E-state index in [9.17, 15) is 14.4 Å². The van der Waals surface area contributed by atoms with Crippen molar-refractivity contribution in [2.24, 2.45) is 13.0 Å². The lowest BCUT2D eigenvalue weighted by Crippen LogP contribution is -2.41. The molecule has 0 radical (unpaired) electrons. The number of carbonyl (C=O) groups excluding carboxylic acids is 2. The van der Waals surface area contributed by atoms with Crippen LogP contribution in [0.5, 0.6) is 0 Å². The van der Waals surface area contributed by atoms with Crippen LogP contribution in [0.15, 0.2) is 34.2 Å². The molecule has 1 amide bonds. The number of nitrogens with zero attached hydrogens (tertiary/aromatic N) is 3. The van der Waals surface area contributed by atoms with E-state index in [1.807, 2.05) is 38.1 Å². The van der Waals surface area contributed by atoms with Gasteiger partial charge in [-0.15, -0.1) is 0 Å². The summed E-state index contributed by atoms with van der Waals surface area (Å²) in [6.45, 7) is 7.14. The van der Waals surface area contributed by atoms with Gasteiger partial charge >= 0.3 is 5.97 Å². The fraction of sp³-hybridized carbons (Fsp3) is 0.500. The Hall–Kier alpha value is -2.61. The molecular weight excluding hydrogens is 426 g/mol. The number of hydrogen-bond acceptors (Lipinski definition) is 6. The van der Waals surface area contributed by atoms with Crippen LogP contribution in [0.4, 0.5) is 0 Å². The molecule has 1 fully saturated rings. The quantitative estimate of drug-likeness (QED) is 0.361. The molecule has 32 heavy (non-hydrogen) atoms. The van der Waals surface area contributed by atoms with E-state index >= 15 is 0 Å². The van der Waals surface area contributed by atoms with Crippen LogP contribution in [-0.4, -0.2) is 51.8 Å². The largest absolute Gasteiger partial charge is 0.466 e. The molecule has 1 aliphatic rings. The SMILES string of the molecule is CCOC(=O)C1CCN(C(=O)CSc2nc(C)c(Cc3ccc(C)cc3)c(=O)n2C)CC1. The normalized spacial score (nSPS) is 14.4. The summed E-state index contributed by atoms with van der Waals surface area (Å²) in [5.74, 6) is -0.0960. The van der Waals surface area contributed by atoms with Crippen molar-refractivity contribution < 1.29 is 14.3 Å². The average molecular weight is 458 g/mol. The number of aromatic nitrogens is 2. The summed E-state index contributed by atoms with van der Waals surface area (Å²) in [7, 11) is 1.70. The Morgan fingerprint density at radius 3 is 2.44 bits per heavy atom. The summed E-state index contributed by atoms with van der Waals surface area (Å²) in [5.41, 5.74) is 3.53. The highest BCUT2D eigenvalue weighted by molar-refractivity contribution is 7.99. The second-order valence-corrected chi connectivity index (χ2v) is 9.12. The third-order valence-electron chi connectivity index (χ3n) is 5.84. The maximum absolute atomic E-state index is 13.0. The van der Waals surface area contributed by atoms with Gasteiger partial charge in [0.2, 0.25) is 5.91 Å². The minimum Gasteiger partial charge on any atom is -0.466 e. The van der Waals surface area contributed by atoms with E-state index < -0.39 is 0 Å². The Labute approximate surface area is 193 Å². The van der Waals surface area contributed by atoms with Crippen LogP contribution >= 0.6 is 11.8 Å². The van der Waals surface area contributed by atoms with Gasteiger partial charge in [-0.25, -0.2) is 4.98 Å². The number of thioether (sulfide) groups is 1. The van der Waals surface area contributed by atoms with Crippen LogP contribution < -0.4 is 5.56 Å². The molecule has 2 aromatic rings. The second kappa shape index (κ2) is 10.8. The van der Waals surface area contributed by atoms with Crippen molar-refractivity contribution in [3.8, 4) is 0 Å². The molecule has 0 atom stereocenters. The van der Waals surface area contributed by atoms with Crippen LogP contribution in [0, 0.1) is 19.8 Å². The number of carbonyl (C=O) groups is 2. The minimum atomic E-state index is -0.172. The van der Waals surface area contributed by atoms with E-state index in [2.05, 4.69) is 4.98 Å². The maximum Gasteiger partial charge on any atom is 0.309 e. The van der Waals surface area contributed by atoms with Gasteiger partial charge in [-0.3, -0.25) is 19.0 Å². The first kappa shape index (κ1) is 24.0. The Bertz CT molecular complexity index is 1020. The van der Waals surface area contributed by atoms with Crippen molar-refractivity contribution in [3.63, 3.8) is 0 Å². The van der Waals surface area contributed by atoms with E-state index in [1.54, 1.807) is 18.9 Å². The molecule has 1 aromatic carbocycles. The van der Waals surface area contributed by atoms with E-state index in [-0.39, 0.29) is 29.1 Å². The van der Waals surface area contributed by atoms with E-state index in [0.717, 1.165) is 5.56 Å². The van der Waals surface area contributed by atoms with Gasteiger partial charge in [0, 0.05) is 37.8 Å². The zero-order valence-corrected chi connectivity index (χ0v) is 20.0. The number of piperidine rings is 1. The monoisotopic (exact) mass is 457 g/mol. The Kier molecular flexibility index (Phi) is 8.12. The minimum absolute atomic E-state index is 0.00653. The van der Waals surface area contributed by atoms with Crippen molar-refractivity contribution in [2.45, 2.75) is 45.2 Å². The topological polar surface area (TPSA) is 81.5 Å². The highest BCUT2D eigenvalue weighted by atomic mass is 32.2. The number of esters is 1. The molecule has 7 nitrogen and oxygen atoms in total. The third kappa shape index (κ3) is 5.79. The predicted octanol–water partition coefficient (Wildman–Crippen LogP) is 2.88. The van der Waals surface area contributed by atoms with Crippen molar-refractivity contribution in [2.75, 3.05) is 25.4 Å². The number of likely N-dealkylation sites (tertiary alicyclic amines) is 1. The van der Waals surface area contributed by atoms with Crippen molar-refractivity contribution in [3.05, 3.63) is 57.0 Å². The number of hydrogen-bond donors (Lipinski definition) is 0. The molecule has 0 N–H and O–H groups in total. The Morgan fingerprint density at radius 2 is 1.81 bits per heavy atom. The Balaban J connectivity index is 1.61. The zero-order valence-electron chi connectivity index (χ0n) is 19.2. The van der Waals surface area contributed by atoms with Crippen LogP contribution in [-0.2, 0) is 27.8 Å². The fourth-order valence-electron chi connectivity index (χ4n) is 3.81. The predicted molar refractivity (Wildman–Crippen MR) is 125 cm³/mol. The van der Waals surface area contributed by atoms with E-state index in [0.29, 0.717) is 55.4 Å². The molecule has 2 heterocycles. The first-order valence-corrected chi connectivity index (χ1v) is 12.0. The molecule has 0 unspecified atom stereocenters. The second-order valence-electron chi connectivity index (χ2n) is 8.18. The van der Waals surface area contributed by atoms with E-state index in [4.69, 9.17) is 4.74 Å². The number of ether oxygens (including phenoxy) is 1. The molecule has 1 aliphatic heterocycles. The lowest BCUT2D eigenvalue weighted by Gasteiger charge is -2.30. The molecule has 0 aliphatic carbocycles. The molecular formula is C24H31N3O4S. The summed E-state index contributed by atoms with van der Waals surface area (Å²) < 4.78 is 6.61. The van der Waals surface area contributed by atoms with Crippen molar-refractivity contribution >= 4 is 23.6 Å². The molecule has 172 valence electrons. The number of aryl methyl sites for hydroxylation is 2. The first-order valence-electron chi connectivity index (χ1n) is 11.0. The summed E-state index contributed by atoms with van der Waals surface area (Å²) >= 11 is 1.28. The van der Waals surface area contributed by atoms with Crippen molar-refractivity contribution in [1.82, 2.24) is 14.5 Å². The fourth-order valence-corrected chi connectivity index (χ4v) is 4.73. The van der Waals surface area contributed by atoms with Crippen LogP contribution in [0.2, 0.25) is 0 Å². The zero-order chi connectivity index (χ0) is 23.3. The summed E-state index contributed by atoms with van der Waals surface area (Å²) in [6.07, 6.45) is 1.78. The van der Waals surface area contributed by atoms with Gasteiger partial charge in [0.1, 0.15) is 0 Å². The highest BCUT2D eigenvalue weighted by Crippen LogP contribution is 2.21. The van der Waals surface area contributed by atoms with E-state index in [1.165, 1.54) is 21.9 Å². The number of amides is 1. The van der Waals surface area contributed by atoms with Gasteiger partial charge in [0.05, 0.1) is 18.3 Å². The average Bonchev–Trinajstić information content (AvgIpc) is 2.79. The highest BCUT2D eigenvalue weighted by Gasteiger charge is 2.28. The van der Waals surface area contributed by atoms with Crippen LogP contribution in [0.25, 0.3) is 0 Å². The lowest BCUT2D eigenvalue weighted by atomic mass is 9.97. The van der Waals surface area contributed by atoms with Crippen LogP contribution in [0.3, 0.4) is 0 Å². The molecule has 0 bridgehead atoms. The standard InChI is InChI=1S/C24H31N3O4S/c1-5-31-23(30)19-10-12-27(13-11-19)21(28)15-32-24-25-17(3)20(22(29)26(24)4)14-18-8-6-16(2)7-9-18/h6-9,19H,5,10-15H2,1-4H3. The summed E-state index contributed by atoms with van der Waals surface area (Å²) in [6, 6.07) is 8.13. The Morgan fingerprint density at radius 1 is 1.16 bits per heavy atom. The molecule has 0 saturated carbocycles. The molecule has 1 saturated heterocycles. The molecule has 1 aromatic heterocycles. The summed E-state index contributed by atoms with van der Waals surface area (Å²) in [5, 5.41) is 0.537. The van der Waals surface area contributed by atoms with Crippen molar-refractivity contribution in [1.29, 1.82) is 0 Å². The van der Waals surface area contributed by atoms with Gasteiger partial charge in [-0.1, -0.05) is 41.6 Å². The molecule has 8 heteroatoms. The third-order valence-corrected chi connectivity index (χ3v) is 6.86. The number of benzene rings is 1. The lowest BCUT2D eigenvalue weighted by molar-refractivity contribution is -0.151. The van der Waals surface area contributed by atoms with Gasteiger partial charge in [0.15, 0.2) is 5.16 Å². The van der Waals surface area contributed by atoms with Gasteiger partial charge in [-0.2, -0.15) is 0 Å². The molecule has 3 rings (SSSR count). The smallest absolute Gasteiger partial charge is 0.309 e. The number of rotatable bonds is 7. The first-order chi connectivity index (χ1) is 15.3. The molecule has 0 spiro atoms. The van der Waals surface area contributed by atoms with Crippen LogP contribution in [0.1, 0.15) is 42.1 Å².